The summed E-state index contributed by atoms with van der Waals surface area (Å²) in [6, 6.07) is 28.9. The van der Waals surface area contributed by atoms with E-state index in [9.17, 15) is 29.4 Å². The van der Waals surface area contributed by atoms with E-state index in [1.54, 1.807) is 136 Å². The number of ether oxygens (including phenoxy) is 6. The molecule has 1 saturated heterocycles. The molecule has 11 atom stereocenters. The predicted octanol–water partition coefficient (Wildman–Crippen LogP) is 3.81. The van der Waals surface area contributed by atoms with Crippen LogP contribution in [0.5, 0.6) is 5.88 Å². The molecule has 2 heterocycles. The van der Waals surface area contributed by atoms with Crippen LogP contribution >= 0.6 is 0 Å². The third kappa shape index (κ3) is 10.6. The molecule has 3 N–H and O–H groups in total. The van der Waals surface area contributed by atoms with Crippen LogP contribution in [0.1, 0.15) is 86.7 Å². The van der Waals surface area contributed by atoms with E-state index in [4.69, 9.17) is 41.4 Å². The Balaban J connectivity index is 0.00000153. The number of ketones is 1. The van der Waals surface area contributed by atoms with Crippen LogP contribution in [0, 0.1) is 16.7 Å². The van der Waals surface area contributed by atoms with Gasteiger partial charge in [-0.2, -0.15) is 4.57 Å². The normalized spacial score (nSPS) is 28.5. The second-order valence-electron chi connectivity index (χ2n) is 19.8. The van der Waals surface area contributed by atoms with E-state index in [0.717, 1.165) is 6.92 Å². The van der Waals surface area contributed by atoms with Gasteiger partial charge in [0.2, 0.25) is 6.10 Å². The van der Waals surface area contributed by atoms with Crippen molar-refractivity contribution < 1.29 is 84.9 Å². The molecule has 3 aromatic carbocycles. The Morgan fingerprint density at radius 3 is 1.95 bits per heavy atom. The Morgan fingerprint density at radius 1 is 0.838 bits per heavy atom. The van der Waals surface area contributed by atoms with Crippen LogP contribution in [-0.4, -0.2) is 119 Å². The molecule has 4 aliphatic rings. The maximum absolute atomic E-state index is 15.7. The first-order valence-corrected chi connectivity index (χ1v) is 25.6. The van der Waals surface area contributed by atoms with Crippen LogP contribution in [0.3, 0.4) is 0 Å². The first-order valence-electron chi connectivity index (χ1n) is 23.8. The number of rotatable bonds is 12. The maximum atomic E-state index is 15.7. The lowest BCUT2D eigenvalue weighted by Crippen LogP contribution is -2.82. The molecule has 1 aliphatic heterocycles. The van der Waals surface area contributed by atoms with E-state index in [1.807, 2.05) is 0 Å². The molecule has 0 radical (unpaired) electrons. The summed E-state index contributed by atoms with van der Waals surface area (Å²) >= 11 is 0. The lowest BCUT2D eigenvalue weighted by molar-refractivity contribution is -0.677. The van der Waals surface area contributed by atoms with Gasteiger partial charge in [-0.05, 0) is 60.9 Å². The number of esters is 4. The zero-order valence-electron chi connectivity index (χ0n) is 42.1. The highest BCUT2D eigenvalue weighted by Crippen LogP contribution is 2.64. The maximum Gasteiger partial charge on any atom is 0.368 e. The van der Waals surface area contributed by atoms with E-state index in [1.165, 1.54) is 26.0 Å². The van der Waals surface area contributed by atoms with E-state index in [2.05, 4.69) is 5.32 Å². The van der Waals surface area contributed by atoms with Crippen molar-refractivity contribution in [1.82, 2.24) is 5.32 Å². The molecule has 1 amide bonds. The SMILES string of the molecule is CC(=O)O[C@H]1C(=O)[C@@]2(C)[C@H]([C@H](OC(=O)c3ccccc3)[C@]3(O)C[C@H](OC(=O)[C@H](Oc4cccc[n+]4C)[C@@H](NC(=O)c4ccccc4)c4ccccc4)C(C)=C1C3(C)C)[C@]1(OC(C)=O)CO[C@@H]1C[C@@H]2O.CS(=O)(=O)[O-]. The third-order valence-electron chi connectivity index (χ3n) is 14.7. The molecule has 8 rings (SSSR count). The van der Waals surface area contributed by atoms with Crippen LogP contribution in [-0.2, 0) is 60.0 Å². The van der Waals surface area contributed by atoms with Crippen LogP contribution < -0.4 is 14.6 Å². The monoisotopic (exact) mass is 1040 g/mol. The Kier molecular flexibility index (Phi) is 15.7. The van der Waals surface area contributed by atoms with Crippen LogP contribution in [0.15, 0.2) is 127 Å². The van der Waals surface area contributed by atoms with Crippen molar-refractivity contribution in [3.63, 3.8) is 0 Å². The summed E-state index contributed by atoms with van der Waals surface area (Å²) < 4.78 is 66.5. The van der Waals surface area contributed by atoms with Crippen LogP contribution in [0.2, 0.25) is 0 Å². The standard InChI is InChI=1S/C53H56N2O14.CH4O3S/c1-30-36(66-49(62)43(67-39-25-17-18-26-55(39)7)41(33-19-11-8-12-20-33)54-47(60)34-21-13-9-14-22-34)28-53(63)46(68-48(61)35-23-15-10-16-24-35)44-51(6,37(58)27-38-52(44,29-64-38)69-32(3)57)45(59)42(65-31(2)56)40(30)50(53,4)5;1-5(2,3)4/h8-26,36-38,41-44,46,58,63H,27-29H2,1-7H3;1H3,(H,2,3,4)/t36-,37-,38+,41-,42+,43+,44-,46-,51+,52-,53+;/m0./s1. The van der Waals surface area contributed by atoms with E-state index < -0.39 is 123 Å². The molecule has 19 nitrogen and oxygen atoms in total. The Morgan fingerprint density at radius 2 is 1.41 bits per heavy atom. The molecule has 3 fully saturated rings. The largest absolute Gasteiger partial charge is 0.748 e. The number of aliphatic hydroxyl groups is 2. The van der Waals surface area contributed by atoms with Crippen molar-refractivity contribution in [2.75, 3.05) is 12.9 Å². The minimum Gasteiger partial charge on any atom is -0.748 e. The molecule has 1 aromatic heterocycles. The highest BCUT2D eigenvalue weighted by Gasteiger charge is 2.78. The first-order chi connectivity index (χ1) is 34.7. The average Bonchev–Trinajstić information content (AvgIpc) is 3.34. The molecule has 74 heavy (non-hydrogen) atoms. The number of aromatic nitrogens is 1. The summed E-state index contributed by atoms with van der Waals surface area (Å²) in [6.45, 7) is 8.17. The Labute approximate surface area is 428 Å². The summed E-state index contributed by atoms with van der Waals surface area (Å²) in [5, 5.41) is 29.2. The molecular formula is C54H60N2O17S. The van der Waals surface area contributed by atoms with Gasteiger partial charge in [-0.3, -0.25) is 19.2 Å². The van der Waals surface area contributed by atoms with Crippen molar-refractivity contribution >= 4 is 45.7 Å². The number of nitrogens with one attached hydrogen (secondary N) is 1. The van der Waals surface area contributed by atoms with Crippen molar-refractivity contribution in [1.29, 1.82) is 0 Å². The third-order valence-corrected chi connectivity index (χ3v) is 14.7. The van der Waals surface area contributed by atoms with Crippen molar-refractivity contribution in [3.05, 3.63) is 143 Å². The number of pyridine rings is 1. The van der Waals surface area contributed by atoms with Gasteiger partial charge in [0, 0.05) is 50.0 Å². The minimum absolute atomic E-state index is 0.0271. The van der Waals surface area contributed by atoms with Gasteiger partial charge >= 0.3 is 29.8 Å². The number of aliphatic hydroxyl groups excluding tert-OH is 1. The number of carbonyl (C=O) groups excluding carboxylic acids is 6. The highest BCUT2D eigenvalue weighted by molar-refractivity contribution is 7.84. The van der Waals surface area contributed by atoms with Gasteiger partial charge in [0.05, 0.1) is 45.8 Å². The van der Waals surface area contributed by atoms with Crippen molar-refractivity contribution in [3.8, 4) is 5.88 Å². The molecule has 394 valence electrons. The Bertz CT molecular complexity index is 2930. The van der Waals surface area contributed by atoms with Crippen molar-refractivity contribution in [2.24, 2.45) is 23.8 Å². The zero-order valence-corrected chi connectivity index (χ0v) is 42.9. The molecule has 0 unspecified atom stereocenters. The van der Waals surface area contributed by atoms with Crippen LogP contribution in [0.4, 0.5) is 0 Å². The van der Waals surface area contributed by atoms with Gasteiger partial charge in [-0.15, -0.1) is 0 Å². The summed E-state index contributed by atoms with van der Waals surface area (Å²) in [4.78, 5) is 85.9. The van der Waals surface area contributed by atoms with Gasteiger partial charge in [-0.25, -0.2) is 18.0 Å². The molecule has 20 heteroatoms. The van der Waals surface area contributed by atoms with Gasteiger partial charge in [0.25, 0.3) is 5.91 Å². The fourth-order valence-electron chi connectivity index (χ4n) is 11.0. The van der Waals surface area contributed by atoms with Crippen molar-refractivity contribution in [2.45, 2.75) is 108 Å². The quantitative estimate of drug-likeness (QED) is 0.0598. The average molecular weight is 1040 g/mol. The molecule has 4 aromatic rings. The minimum atomic E-state index is -3.92. The van der Waals surface area contributed by atoms with Gasteiger partial charge in [-0.1, -0.05) is 80.6 Å². The number of carbonyl (C=O) groups is 6. The van der Waals surface area contributed by atoms with Crippen LogP contribution in [0.25, 0.3) is 0 Å². The summed E-state index contributed by atoms with van der Waals surface area (Å²) in [5.74, 6) is -6.29. The fraction of sp³-hybridized carbons (Fsp3) is 0.426. The fourth-order valence-corrected chi connectivity index (χ4v) is 11.0. The highest BCUT2D eigenvalue weighted by atomic mass is 32.2. The second-order valence-corrected chi connectivity index (χ2v) is 21.2. The number of aryl methyl sites for hydroxylation is 1. The molecule has 2 bridgehead atoms. The lowest BCUT2D eigenvalue weighted by Gasteiger charge is -2.67. The molecule has 3 aliphatic carbocycles. The van der Waals surface area contributed by atoms with E-state index in [-0.39, 0.29) is 35.6 Å². The number of hydrogen-bond acceptors (Lipinski definition) is 17. The summed E-state index contributed by atoms with van der Waals surface area (Å²) in [5.41, 5.74) is -6.80. The lowest BCUT2D eigenvalue weighted by atomic mass is 9.44. The second kappa shape index (κ2) is 21.2. The molecule has 2 saturated carbocycles. The first kappa shape index (κ1) is 54.9. The summed E-state index contributed by atoms with van der Waals surface area (Å²) in [7, 11) is -2.21. The number of Topliss-reactive ketones (excluding diaryl/α,β-unsaturated/α-hetero) is 1. The molecule has 0 spiro atoms. The van der Waals surface area contributed by atoms with Gasteiger partial charge < -0.3 is 48.5 Å². The number of nitrogens with zero attached hydrogens (tertiary/aromatic N) is 1. The number of fused-ring (bicyclic) bond motifs is 5. The van der Waals surface area contributed by atoms with E-state index >= 15 is 9.59 Å². The van der Waals surface area contributed by atoms with Gasteiger partial charge in [0.15, 0.2) is 23.7 Å². The van der Waals surface area contributed by atoms with Gasteiger partial charge in [0.1, 0.15) is 37.0 Å². The summed E-state index contributed by atoms with van der Waals surface area (Å²) in [6.07, 6.45) is -7.75. The number of hydrogen-bond donors (Lipinski definition) is 3. The zero-order chi connectivity index (χ0) is 54.1. The molecular weight excluding hydrogens is 981 g/mol. The number of amides is 1. The predicted molar refractivity (Wildman–Crippen MR) is 259 cm³/mol. The Hall–Kier alpha value is -6.84. The smallest absolute Gasteiger partial charge is 0.368 e. The number of benzene rings is 3. The van der Waals surface area contributed by atoms with E-state index in [0.29, 0.717) is 17.4 Å². The topological polar surface area (TPSA) is 271 Å².